The number of ether oxygens (including phenoxy) is 2. The molecule has 0 aliphatic carbocycles. The number of hydrogen-bond donors (Lipinski definition) is 0. The van der Waals surface area contributed by atoms with Crippen LogP contribution in [0, 0.1) is 0 Å². The van der Waals surface area contributed by atoms with Crippen LogP contribution in [0.15, 0.2) is 42.5 Å². The number of benzene rings is 2. The Labute approximate surface area is 162 Å². The van der Waals surface area contributed by atoms with Gasteiger partial charge in [0.25, 0.3) is 5.91 Å². The first-order valence-electron chi connectivity index (χ1n) is 8.58. The number of thiazole rings is 1. The third-order valence-electron chi connectivity index (χ3n) is 4.16. The highest BCUT2D eigenvalue weighted by Crippen LogP contribution is 2.34. The zero-order valence-corrected chi connectivity index (χ0v) is 16.7. The lowest BCUT2D eigenvalue weighted by Crippen LogP contribution is -2.37. The van der Waals surface area contributed by atoms with E-state index in [2.05, 4.69) is 4.98 Å². The highest BCUT2D eigenvalue weighted by Gasteiger charge is 2.25. The van der Waals surface area contributed by atoms with E-state index in [1.807, 2.05) is 43.3 Å². The summed E-state index contributed by atoms with van der Waals surface area (Å²) in [5, 5.41) is 0.674. The predicted octanol–water partition coefficient (Wildman–Crippen LogP) is 3.52. The molecular weight excluding hydrogens is 362 g/mol. The Morgan fingerprint density at radius 3 is 2.48 bits per heavy atom. The molecule has 0 saturated carbocycles. The van der Waals surface area contributed by atoms with E-state index in [9.17, 15) is 4.79 Å². The van der Waals surface area contributed by atoms with Crippen molar-refractivity contribution >= 4 is 32.6 Å². The molecule has 0 bridgehead atoms. The quantitative estimate of drug-likeness (QED) is 0.623. The highest BCUT2D eigenvalue weighted by molar-refractivity contribution is 7.22. The van der Waals surface area contributed by atoms with Gasteiger partial charge < -0.3 is 14.4 Å². The Kier molecular flexibility index (Phi) is 5.93. The molecule has 1 heterocycles. The van der Waals surface area contributed by atoms with Gasteiger partial charge in [-0.15, -0.1) is 0 Å². The molecule has 1 amide bonds. The summed E-state index contributed by atoms with van der Waals surface area (Å²) in [6.07, 6.45) is 0. The maximum Gasteiger partial charge on any atom is 0.264 e. The van der Waals surface area contributed by atoms with Crippen molar-refractivity contribution in [3.63, 3.8) is 0 Å². The zero-order valence-electron chi connectivity index (χ0n) is 15.9. The monoisotopic (exact) mass is 385 g/mol. The normalized spacial score (nSPS) is 11.0. The summed E-state index contributed by atoms with van der Waals surface area (Å²) in [5.41, 5.74) is 1.34. The SMILES string of the molecule is COc1cccc(C(=O)N(CCN(C)C)c2nc3ccccc3s2)c1OC. The topological polar surface area (TPSA) is 54.9 Å². The first kappa shape index (κ1) is 19.1. The molecule has 2 aromatic carbocycles. The second-order valence-electron chi connectivity index (χ2n) is 6.27. The van der Waals surface area contributed by atoms with Gasteiger partial charge in [0.2, 0.25) is 0 Å². The Bertz CT molecular complexity index is 906. The van der Waals surface area contributed by atoms with Gasteiger partial charge >= 0.3 is 0 Å². The molecular formula is C20H23N3O3S. The number of carbonyl (C=O) groups is 1. The van der Waals surface area contributed by atoms with Gasteiger partial charge in [0, 0.05) is 13.1 Å². The highest BCUT2D eigenvalue weighted by atomic mass is 32.1. The van der Waals surface area contributed by atoms with Crippen molar-refractivity contribution in [2.24, 2.45) is 0 Å². The van der Waals surface area contributed by atoms with Crippen LogP contribution in [0.2, 0.25) is 0 Å². The van der Waals surface area contributed by atoms with E-state index in [4.69, 9.17) is 9.47 Å². The molecule has 0 aliphatic heterocycles. The number of likely N-dealkylation sites (N-methyl/N-ethyl adjacent to an activating group) is 1. The molecule has 0 radical (unpaired) electrons. The van der Waals surface area contributed by atoms with Gasteiger partial charge in [-0.1, -0.05) is 29.5 Å². The lowest BCUT2D eigenvalue weighted by Gasteiger charge is -2.23. The van der Waals surface area contributed by atoms with Crippen molar-refractivity contribution < 1.29 is 14.3 Å². The predicted molar refractivity (Wildman–Crippen MR) is 109 cm³/mol. The van der Waals surface area contributed by atoms with Gasteiger partial charge in [-0.05, 0) is 38.4 Å². The van der Waals surface area contributed by atoms with E-state index in [0.29, 0.717) is 35.3 Å². The molecule has 27 heavy (non-hydrogen) atoms. The lowest BCUT2D eigenvalue weighted by atomic mass is 10.1. The van der Waals surface area contributed by atoms with Crippen molar-refractivity contribution in [3.05, 3.63) is 48.0 Å². The number of rotatable bonds is 7. The lowest BCUT2D eigenvalue weighted by molar-refractivity contribution is 0.0981. The van der Waals surface area contributed by atoms with Crippen LogP contribution in [-0.2, 0) is 0 Å². The van der Waals surface area contributed by atoms with Crippen LogP contribution < -0.4 is 14.4 Å². The molecule has 142 valence electrons. The summed E-state index contributed by atoms with van der Waals surface area (Å²) in [6.45, 7) is 1.24. The zero-order chi connectivity index (χ0) is 19.4. The minimum Gasteiger partial charge on any atom is -0.493 e. The number of anilines is 1. The van der Waals surface area contributed by atoms with Gasteiger partial charge in [-0.3, -0.25) is 9.69 Å². The number of aromatic nitrogens is 1. The molecule has 0 aliphatic rings. The average molecular weight is 385 g/mol. The minimum atomic E-state index is -0.161. The minimum absolute atomic E-state index is 0.161. The second-order valence-corrected chi connectivity index (χ2v) is 7.27. The van der Waals surface area contributed by atoms with Crippen molar-refractivity contribution in [1.82, 2.24) is 9.88 Å². The second kappa shape index (κ2) is 8.37. The van der Waals surface area contributed by atoms with E-state index < -0.39 is 0 Å². The van der Waals surface area contributed by atoms with E-state index in [-0.39, 0.29) is 5.91 Å². The smallest absolute Gasteiger partial charge is 0.264 e. The Balaban J connectivity index is 2.04. The first-order chi connectivity index (χ1) is 13.0. The van der Waals surface area contributed by atoms with E-state index in [1.54, 1.807) is 30.2 Å². The van der Waals surface area contributed by atoms with Crippen LogP contribution in [0.4, 0.5) is 5.13 Å². The maximum atomic E-state index is 13.4. The molecule has 0 spiro atoms. The average Bonchev–Trinajstić information content (AvgIpc) is 3.10. The summed E-state index contributed by atoms with van der Waals surface area (Å²) in [6, 6.07) is 13.2. The van der Waals surface area contributed by atoms with Gasteiger partial charge in [0.15, 0.2) is 16.6 Å². The number of fused-ring (bicyclic) bond motifs is 1. The van der Waals surface area contributed by atoms with Gasteiger partial charge in [-0.25, -0.2) is 4.98 Å². The molecule has 3 rings (SSSR count). The number of para-hydroxylation sites is 2. The van der Waals surface area contributed by atoms with Crippen LogP contribution in [-0.4, -0.2) is 57.2 Å². The van der Waals surface area contributed by atoms with E-state index in [0.717, 1.165) is 10.2 Å². The number of methoxy groups -OCH3 is 2. The number of hydrogen-bond acceptors (Lipinski definition) is 6. The van der Waals surface area contributed by atoms with Gasteiger partial charge in [-0.2, -0.15) is 0 Å². The Hall–Kier alpha value is -2.64. The Morgan fingerprint density at radius 1 is 1.04 bits per heavy atom. The summed E-state index contributed by atoms with van der Waals surface area (Å²) in [5.74, 6) is 0.799. The molecule has 1 aromatic heterocycles. The van der Waals surface area contributed by atoms with Crippen molar-refractivity contribution in [2.75, 3.05) is 46.3 Å². The number of nitrogens with zero attached hydrogens (tertiary/aromatic N) is 3. The Morgan fingerprint density at radius 2 is 1.81 bits per heavy atom. The van der Waals surface area contributed by atoms with Crippen molar-refractivity contribution in [1.29, 1.82) is 0 Å². The molecule has 3 aromatic rings. The fourth-order valence-electron chi connectivity index (χ4n) is 2.76. The van der Waals surface area contributed by atoms with Gasteiger partial charge in [0.1, 0.15) is 0 Å². The molecule has 0 N–H and O–H groups in total. The summed E-state index contributed by atoms with van der Waals surface area (Å²) in [4.78, 5) is 21.8. The van der Waals surface area contributed by atoms with Crippen molar-refractivity contribution in [3.8, 4) is 11.5 Å². The fourth-order valence-corrected chi connectivity index (χ4v) is 3.75. The first-order valence-corrected chi connectivity index (χ1v) is 9.40. The fraction of sp³-hybridized carbons (Fsp3) is 0.300. The standard InChI is InChI=1S/C20H23N3O3S/c1-22(2)12-13-23(20-21-15-9-5-6-11-17(15)27-20)19(24)14-8-7-10-16(25-3)18(14)26-4/h5-11H,12-13H2,1-4H3. The molecule has 7 heteroatoms. The summed E-state index contributed by atoms with van der Waals surface area (Å²) < 4.78 is 11.8. The van der Waals surface area contributed by atoms with Crippen LogP contribution in [0.25, 0.3) is 10.2 Å². The van der Waals surface area contributed by atoms with Crippen LogP contribution >= 0.6 is 11.3 Å². The van der Waals surface area contributed by atoms with E-state index >= 15 is 0 Å². The molecule has 0 fully saturated rings. The third kappa shape index (κ3) is 4.04. The molecule has 0 unspecified atom stereocenters. The van der Waals surface area contributed by atoms with Gasteiger partial charge in [0.05, 0.1) is 30.0 Å². The summed E-state index contributed by atoms with van der Waals surface area (Å²) >= 11 is 1.51. The molecule has 6 nitrogen and oxygen atoms in total. The van der Waals surface area contributed by atoms with Crippen molar-refractivity contribution in [2.45, 2.75) is 0 Å². The maximum absolute atomic E-state index is 13.4. The third-order valence-corrected chi connectivity index (χ3v) is 5.22. The molecule has 0 atom stereocenters. The summed E-state index contributed by atoms with van der Waals surface area (Å²) in [7, 11) is 7.06. The number of carbonyl (C=O) groups excluding carboxylic acids is 1. The van der Waals surface area contributed by atoms with E-state index in [1.165, 1.54) is 18.4 Å². The van der Waals surface area contributed by atoms with Crippen LogP contribution in [0.1, 0.15) is 10.4 Å². The molecule has 0 saturated heterocycles. The number of amides is 1. The van der Waals surface area contributed by atoms with Crippen LogP contribution in [0.5, 0.6) is 11.5 Å². The van der Waals surface area contributed by atoms with Crippen LogP contribution in [0.3, 0.4) is 0 Å². The largest absolute Gasteiger partial charge is 0.493 e.